The smallest absolute Gasteiger partial charge is 0.0900 e. The Morgan fingerprint density at radius 1 is 1.33 bits per heavy atom. The highest BCUT2D eigenvalue weighted by Gasteiger charge is 2.14. The first-order chi connectivity index (χ1) is 7.11. The van der Waals surface area contributed by atoms with E-state index in [1.54, 1.807) is 7.11 Å². The molecular weight excluding hydrogens is 194 g/mol. The van der Waals surface area contributed by atoms with Crippen LogP contribution >= 0.6 is 0 Å². The number of rotatable bonds is 9. The van der Waals surface area contributed by atoms with Crippen LogP contribution in [0.15, 0.2) is 0 Å². The van der Waals surface area contributed by atoms with Gasteiger partial charge in [-0.2, -0.15) is 0 Å². The van der Waals surface area contributed by atoms with Gasteiger partial charge in [-0.25, -0.2) is 0 Å². The monoisotopic (exact) mass is 219 g/mol. The highest BCUT2D eigenvalue weighted by atomic mass is 16.5. The van der Waals surface area contributed by atoms with Crippen LogP contribution in [0.2, 0.25) is 0 Å². The Hall–Kier alpha value is -0.160. The van der Waals surface area contributed by atoms with Gasteiger partial charge in [-0.3, -0.25) is 4.90 Å². The summed E-state index contributed by atoms with van der Waals surface area (Å²) in [5, 5.41) is 9.69. The Morgan fingerprint density at radius 3 is 2.47 bits per heavy atom. The van der Waals surface area contributed by atoms with Crippen molar-refractivity contribution in [3.8, 4) is 0 Å². The molecule has 0 aliphatic carbocycles. The summed E-state index contributed by atoms with van der Waals surface area (Å²) >= 11 is 0. The number of hydrogen-bond acceptors (Lipinski definition) is 4. The molecule has 0 aromatic heterocycles. The number of aliphatic hydroxyl groups excluding tert-OH is 1. The van der Waals surface area contributed by atoms with Gasteiger partial charge in [-0.05, 0) is 20.8 Å². The van der Waals surface area contributed by atoms with Crippen molar-refractivity contribution in [2.45, 2.75) is 32.9 Å². The minimum atomic E-state index is -0.413. The van der Waals surface area contributed by atoms with E-state index in [1.165, 1.54) is 0 Å². The predicted octanol–water partition coefficient (Wildman–Crippen LogP) is 0.741. The Bertz CT molecular complexity index is 142. The van der Waals surface area contributed by atoms with E-state index in [9.17, 15) is 5.11 Å². The molecule has 15 heavy (non-hydrogen) atoms. The maximum atomic E-state index is 9.69. The molecule has 4 nitrogen and oxygen atoms in total. The zero-order chi connectivity index (χ0) is 11.7. The van der Waals surface area contributed by atoms with Crippen molar-refractivity contribution in [1.29, 1.82) is 0 Å². The van der Waals surface area contributed by atoms with Crippen molar-refractivity contribution < 1.29 is 14.6 Å². The Balaban J connectivity index is 3.81. The first-order valence-electron chi connectivity index (χ1n) is 5.60. The highest BCUT2D eigenvalue weighted by Crippen LogP contribution is 2.00. The summed E-state index contributed by atoms with van der Waals surface area (Å²) in [4.78, 5) is 2.19. The Kier molecular flexibility index (Phi) is 9.00. The predicted molar refractivity (Wildman–Crippen MR) is 61.1 cm³/mol. The molecule has 92 valence electrons. The van der Waals surface area contributed by atoms with E-state index >= 15 is 0 Å². The fourth-order valence-corrected chi connectivity index (χ4v) is 1.35. The summed E-state index contributed by atoms with van der Waals surface area (Å²) in [6, 6.07) is 0.413. The molecule has 0 aromatic rings. The summed E-state index contributed by atoms with van der Waals surface area (Å²) in [6.07, 6.45) is -0.413. The lowest BCUT2D eigenvalue weighted by Gasteiger charge is -2.28. The molecule has 0 fully saturated rings. The maximum absolute atomic E-state index is 9.69. The molecule has 0 aliphatic rings. The van der Waals surface area contributed by atoms with Crippen molar-refractivity contribution >= 4 is 0 Å². The average Bonchev–Trinajstić information content (AvgIpc) is 2.20. The fourth-order valence-electron chi connectivity index (χ4n) is 1.35. The van der Waals surface area contributed by atoms with Gasteiger partial charge in [0.05, 0.1) is 19.3 Å². The Labute approximate surface area is 93.2 Å². The maximum Gasteiger partial charge on any atom is 0.0900 e. The topological polar surface area (TPSA) is 41.9 Å². The molecule has 0 amide bonds. The van der Waals surface area contributed by atoms with Gasteiger partial charge < -0.3 is 14.6 Å². The minimum Gasteiger partial charge on any atom is -0.389 e. The van der Waals surface area contributed by atoms with Crippen molar-refractivity contribution in [1.82, 2.24) is 4.90 Å². The third kappa shape index (κ3) is 7.73. The van der Waals surface area contributed by atoms with E-state index in [0.717, 1.165) is 6.54 Å². The average molecular weight is 219 g/mol. The Morgan fingerprint density at radius 2 is 2.00 bits per heavy atom. The second-order valence-corrected chi connectivity index (χ2v) is 3.89. The summed E-state index contributed by atoms with van der Waals surface area (Å²) < 4.78 is 10.2. The van der Waals surface area contributed by atoms with Crippen LogP contribution in [0, 0.1) is 0 Å². The molecule has 0 saturated heterocycles. The van der Waals surface area contributed by atoms with Crippen molar-refractivity contribution in [2.75, 3.05) is 40.0 Å². The zero-order valence-corrected chi connectivity index (χ0v) is 10.4. The van der Waals surface area contributed by atoms with Gasteiger partial charge in [0.15, 0.2) is 0 Å². The van der Waals surface area contributed by atoms with Crippen LogP contribution in [-0.4, -0.2) is 62.2 Å². The summed E-state index contributed by atoms with van der Waals surface area (Å²) in [7, 11) is 1.69. The molecule has 0 heterocycles. The normalized spacial score (nSPS) is 13.8. The van der Waals surface area contributed by atoms with E-state index < -0.39 is 6.10 Å². The largest absolute Gasteiger partial charge is 0.389 e. The van der Waals surface area contributed by atoms with Crippen molar-refractivity contribution in [3.05, 3.63) is 0 Å². The van der Waals surface area contributed by atoms with Crippen LogP contribution in [0.4, 0.5) is 0 Å². The van der Waals surface area contributed by atoms with E-state index in [4.69, 9.17) is 9.47 Å². The number of hydrogen-bond donors (Lipinski definition) is 1. The lowest BCUT2D eigenvalue weighted by atomic mass is 10.2. The number of nitrogens with zero attached hydrogens (tertiary/aromatic N) is 1. The van der Waals surface area contributed by atoms with E-state index in [0.29, 0.717) is 32.4 Å². The molecule has 0 spiro atoms. The van der Waals surface area contributed by atoms with Crippen LogP contribution in [0.25, 0.3) is 0 Å². The third-order valence-electron chi connectivity index (χ3n) is 2.27. The lowest BCUT2D eigenvalue weighted by Crippen LogP contribution is -2.41. The summed E-state index contributed by atoms with van der Waals surface area (Å²) in [5.74, 6) is 0. The quantitative estimate of drug-likeness (QED) is 0.621. The SMILES string of the molecule is CCOCC(O)CN(CCOC)C(C)C. The second kappa shape index (κ2) is 9.09. The van der Waals surface area contributed by atoms with Gasteiger partial charge in [-0.1, -0.05) is 0 Å². The van der Waals surface area contributed by atoms with E-state index in [2.05, 4.69) is 18.7 Å². The van der Waals surface area contributed by atoms with Gasteiger partial charge in [0, 0.05) is 32.8 Å². The number of aliphatic hydroxyl groups is 1. The molecule has 0 radical (unpaired) electrons. The minimum absolute atomic E-state index is 0.409. The molecule has 0 saturated carbocycles. The first kappa shape index (κ1) is 14.8. The number of methoxy groups -OCH3 is 1. The van der Waals surface area contributed by atoms with Gasteiger partial charge in [-0.15, -0.1) is 0 Å². The van der Waals surface area contributed by atoms with Crippen LogP contribution in [-0.2, 0) is 9.47 Å². The molecule has 1 unspecified atom stereocenters. The van der Waals surface area contributed by atoms with E-state index in [-0.39, 0.29) is 0 Å². The van der Waals surface area contributed by atoms with Gasteiger partial charge in [0.2, 0.25) is 0 Å². The molecule has 1 atom stereocenters. The van der Waals surface area contributed by atoms with Crippen LogP contribution in [0.3, 0.4) is 0 Å². The highest BCUT2D eigenvalue weighted by molar-refractivity contribution is 4.67. The van der Waals surface area contributed by atoms with Crippen LogP contribution in [0.5, 0.6) is 0 Å². The van der Waals surface area contributed by atoms with Gasteiger partial charge in [0.25, 0.3) is 0 Å². The van der Waals surface area contributed by atoms with Crippen molar-refractivity contribution in [2.24, 2.45) is 0 Å². The van der Waals surface area contributed by atoms with Gasteiger partial charge >= 0.3 is 0 Å². The molecule has 1 N–H and O–H groups in total. The molecular formula is C11H25NO3. The van der Waals surface area contributed by atoms with Crippen molar-refractivity contribution in [3.63, 3.8) is 0 Å². The summed E-state index contributed by atoms with van der Waals surface area (Å²) in [5.41, 5.74) is 0. The second-order valence-electron chi connectivity index (χ2n) is 3.89. The standard InChI is InChI=1S/C11H25NO3/c1-5-15-9-11(13)8-12(10(2)3)6-7-14-4/h10-11,13H,5-9H2,1-4H3. The van der Waals surface area contributed by atoms with Gasteiger partial charge in [0.1, 0.15) is 0 Å². The molecule has 0 bridgehead atoms. The zero-order valence-electron chi connectivity index (χ0n) is 10.4. The first-order valence-corrected chi connectivity index (χ1v) is 5.60. The van der Waals surface area contributed by atoms with E-state index in [1.807, 2.05) is 6.92 Å². The summed E-state index contributed by atoms with van der Waals surface area (Å²) in [6.45, 7) is 9.39. The fraction of sp³-hybridized carbons (Fsp3) is 1.00. The molecule has 0 aromatic carbocycles. The van der Waals surface area contributed by atoms with Crippen LogP contribution < -0.4 is 0 Å². The third-order valence-corrected chi connectivity index (χ3v) is 2.27. The molecule has 0 aliphatic heterocycles. The lowest BCUT2D eigenvalue weighted by molar-refractivity contribution is 0.00987. The van der Waals surface area contributed by atoms with Crippen LogP contribution in [0.1, 0.15) is 20.8 Å². The molecule has 4 heteroatoms. The number of ether oxygens (including phenoxy) is 2. The molecule has 0 rings (SSSR count).